The van der Waals surface area contributed by atoms with Crippen LogP contribution < -0.4 is 5.73 Å². The molecule has 0 saturated heterocycles. The van der Waals surface area contributed by atoms with Crippen molar-refractivity contribution >= 4 is 0 Å². The van der Waals surface area contributed by atoms with E-state index in [0.29, 0.717) is 0 Å². The van der Waals surface area contributed by atoms with Crippen LogP contribution in [0, 0.1) is 0 Å². The molecule has 0 bridgehead atoms. The molecule has 0 spiro atoms. The van der Waals surface area contributed by atoms with Crippen molar-refractivity contribution in [3.05, 3.63) is 0 Å². The number of hydrogen-bond acceptors (Lipinski definition) is 2. The summed E-state index contributed by atoms with van der Waals surface area (Å²) in [7, 11) is 0. The van der Waals surface area contributed by atoms with Crippen molar-refractivity contribution in [2.45, 2.75) is 51.5 Å². The molecule has 0 radical (unpaired) electrons. The topological polar surface area (TPSA) is 29.3 Å². The number of unbranched alkanes of at least 4 members (excludes halogenated alkanes) is 3. The van der Waals surface area contributed by atoms with E-state index in [0.717, 1.165) is 19.1 Å². The fourth-order valence-electron chi connectivity index (χ4n) is 1.82. The highest BCUT2D eigenvalue weighted by Gasteiger charge is 2.27. The lowest BCUT2D eigenvalue weighted by Gasteiger charge is -2.20. The van der Waals surface area contributed by atoms with Crippen molar-refractivity contribution in [2.24, 2.45) is 5.73 Å². The van der Waals surface area contributed by atoms with Crippen molar-refractivity contribution in [2.75, 3.05) is 19.6 Å². The summed E-state index contributed by atoms with van der Waals surface area (Å²) in [6, 6.07) is 0.894. The van der Waals surface area contributed by atoms with Gasteiger partial charge >= 0.3 is 0 Å². The van der Waals surface area contributed by atoms with E-state index in [1.54, 1.807) is 0 Å². The monoisotopic (exact) mass is 184 g/mol. The van der Waals surface area contributed by atoms with Gasteiger partial charge in [-0.15, -0.1) is 0 Å². The summed E-state index contributed by atoms with van der Waals surface area (Å²) < 4.78 is 0. The van der Waals surface area contributed by atoms with Gasteiger partial charge in [-0.2, -0.15) is 0 Å². The summed E-state index contributed by atoms with van der Waals surface area (Å²) in [4.78, 5) is 2.58. The highest BCUT2D eigenvalue weighted by atomic mass is 15.2. The molecule has 2 N–H and O–H groups in total. The zero-order chi connectivity index (χ0) is 9.52. The summed E-state index contributed by atoms with van der Waals surface area (Å²) in [6.07, 6.45) is 8.30. The van der Waals surface area contributed by atoms with E-state index in [2.05, 4.69) is 11.8 Å². The average Bonchev–Trinajstić information content (AvgIpc) is 2.93. The Bertz CT molecular complexity index is 121. The van der Waals surface area contributed by atoms with Crippen molar-refractivity contribution in [3.63, 3.8) is 0 Å². The van der Waals surface area contributed by atoms with E-state index in [-0.39, 0.29) is 0 Å². The molecule has 2 heteroatoms. The van der Waals surface area contributed by atoms with Crippen LogP contribution in [-0.2, 0) is 0 Å². The smallest absolute Gasteiger partial charge is 0.0108 e. The van der Waals surface area contributed by atoms with Crippen LogP contribution in [0.1, 0.15) is 45.4 Å². The zero-order valence-electron chi connectivity index (χ0n) is 8.97. The van der Waals surface area contributed by atoms with Crippen molar-refractivity contribution in [1.82, 2.24) is 4.90 Å². The Kier molecular flexibility index (Phi) is 5.40. The molecule has 0 atom stereocenters. The Balaban J connectivity index is 2.00. The fourth-order valence-corrected chi connectivity index (χ4v) is 1.82. The molecule has 0 aliphatic heterocycles. The van der Waals surface area contributed by atoms with Gasteiger partial charge in [0.1, 0.15) is 0 Å². The summed E-state index contributed by atoms with van der Waals surface area (Å²) in [6.45, 7) is 5.47. The molecular formula is C11H24N2. The number of rotatable bonds is 8. The molecule has 1 saturated carbocycles. The first-order chi connectivity index (χ1) is 6.38. The minimum absolute atomic E-state index is 0.824. The molecule has 1 aliphatic carbocycles. The van der Waals surface area contributed by atoms with Gasteiger partial charge in [-0.3, -0.25) is 4.90 Å². The van der Waals surface area contributed by atoms with Gasteiger partial charge in [-0.25, -0.2) is 0 Å². The Morgan fingerprint density at radius 1 is 1.15 bits per heavy atom. The van der Waals surface area contributed by atoms with E-state index >= 15 is 0 Å². The normalized spacial score (nSPS) is 16.8. The third kappa shape index (κ3) is 4.63. The molecule has 1 rings (SSSR count). The van der Waals surface area contributed by atoms with E-state index in [4.69, 9.17) is 5.73 Å². The van der Waals surface area contributed by atoms with Crippen LogP contribution in [0.25, 0.3) is 0 Å². The maximum atomic E-state index is 5.58. The highest BCUT2D eigenvalue weighted by Crippen LogP contribution is 2.26. The molecule has 0 aromatic heterocycles. The molecule has 13 heavy (non-hydrogen) atoms. The summed E-state index contributed by atoms with van der Waals surface area (Å²) >= 11 is 0. The van der Waals surface area contributed by atoms with Crippen LogP contribution in [0.2, 0.25) is 0 Å². The second-order valence-electron chi connectivity index (χ2n) is 4.12. The van der Waals surface area contributed by atoms with E-state index in [1.165, 1.54) is 45.1 Å². The van der Waals surface area contributed by atoms with Crippen LogP contribution in [0.3, 0.4) is 0 Å². The zero-order valence-corrected chi connectivity index (χ0v) is 8.97. The standard InChI is InChI=1S/C11H24N2/c1-2-3-4-5-9-13(10-8-12)11-6-7-11/h11H,2-10,12H2,1H3. The Hall–Kier alpha value is -0.0800. The van der Waals surface area contributed by atoms with Gasteiger partial charge < -0.3 is 5.73 Å². The van der Waals surface area contributed by atoms with E-state index in [9.17, 15) is 0 Å². The first-order valence-corrected chi connectivity index (χ1v) is 5.82. The van der Waals surface area contributed by atoms with Gasteiger partial charge in [0.2, 0.25) is 0 Å². The SMILES string of the molecule is CCCCCCN(CCN)C1CC1. The molecule has 0 heterocycles. The molecule has 0 aromatic rings. The summed E-state index contributed by atoms with van der Waals surface area (Å²) in [5, 5.41) is 0. The molecular weight excluding hydrogens is 160 g/mol. The summed E-state index contributed by atoms with van der Waals surface area (Å²) in [5.74, 6) is 0. The van der Waals surface area contributed by atoms with E-state index < -0.39 is 0 Å². The maximum absolute atomic E-state index is 5.58. The summed E-state index contributed by atoms with van der Waals surface area (Å²) in [5.41, 5.74) is 5.58. The molecule has 0 amide bonds. The van der Waals surface area contributed by atoms with Crippen LogP contribution in [-0.4, -0.2) is 30.6 Å². The second-order valence-corrected chi connectivity index (χ2v) is 4.12. The van der Waals surface area contributed by atoms with Gasteiger partial charge in [0, 0.05) is 19.1 Å². The van der Waals surface area contributed by atoms with Crippen molar-refractivity contribution in [3.8, 4) is 0 Å². The Morgan fingerprint density at radius 3 is 2.46 bits per heavy atom. The molecule has 0 unspecified atom stereocenters. The molecule has 1 aliphatic rings. The minimum atomic E-state index is 0.824. The lowest BCUT2D eigenvalue weighted by molar-refractivity contribution is 0.264. The van der Waals surface area contributed by atoms with Gasteiger partial charge in [-0.05, 0) is 25.8 Å². The van der Waals surface area contributed by atoms with Crippen molar-refractivity contribution < 1.29 is 0 Å². The Labute approximate surface area is 82.5 Å². The largest absolute Gasteiger partial charge is 0.329 e. The number of nitrogens with zero attached hydrogens (tertiary/aromatic N) is 1. The number of hydrogen-bond donors (Lipinski definition) is 1. The molecule has 1 fully saturated rings. The fraction of sp³-hybridized carbons (Fsp3) is 1.00. The average molecular weight is 184 g/mol. The van der Waals surface area contributed by atoms with Gasteiger partial charge in [0.15, 0.2) is 0 Å². The lowest BCUT2D eigenvalue weighted by atomic mass is 10.2. The third-order valence-electron chi connectivity index (χ3n) is 2.78. The van der Waals surface area contributed by atoms with Gasteiger partial charge in [0.25, 0.3) is 0 Å². The van der Waals surface area contributed by atoms with Gasteiger partial charge in [0.05, 0.1) is 0 Å². The van der Waals surface area contributed by atoms with Crippen LogP contribution in [0.15, 0.2) is 0 Å². The predicted octanol–water partition coefficient (Wildman–Crippen LogP) is 1.99. The maximum Gasteiger partial charge on any atom is 0.0108 e. The number of nitrogens with two attached hydrogens (primary N) is 1. The highest BCUT2D eigenvalue weighted by molar-refractivity contribution is 4.84. The first-order valence-electron chi connectivity index (χ1n) is 5.82. The quantitative estimate of drug-likeness (QED) is 0.585. The van der Waals surface area contributed by atoms with Crippen LogP contribution in [0.4, 0.5) is 0 Å². The second kappa shape index (κ2) is 6.39. The molecule has 2 nitrogen and oxygen atoms in total. The predicted molar refractivity (Wildman–Crippen MR) is 57.8 cm³/mol. The van der Waals surface area contributed by atoms with Crippen LogP contribution >= 0.6 is 0 Å². The van der Waals surface area contributed by atoms with Crippen molar-refractivity contribution in [1.29, 1.82) is 0 Å². The van der Waals surface area contributed by atoms with Gasteiger partial charge in [-0.1, -0.05) is 26.2 Å². The first kappa shape index (κ1) is 11.0. The third-order valence-corrected chi connectivity index (χ3v) is 2.78. The molecule has 0 aromatic carbocycles. The minimum Gasteiger partial charge on any atom is -0.329 e. The van der Waals surface area contributed by atoms with E-state index in [1.807, 2.05) is 0 Å². The molecule has 78 valence electrons. The lowest BCUT2D eigenvalue weighted by Crippen LogP contribution is -2.32. The Morgan fingerprint density at radius 2 is 1.92 bits per heavy atom. The van der Waals surface area contributed by atoms with Crippen LogP contribution in [0.5, 0.6) is 0 Å².